The second kappa shape index (κ2) is 10.0. The molecule has 3 N–H and O–H groups in total. The van der Waals surface area contributed by atoms with Gasteiger partial charge in [0.15, 0.2) is 11.5 Å². The molecule has 0 fully saturated rings. The van der Waals surface area contributed by atoms with Gasteiger partial charge in [-0.2, -0.15) is 0 Å². The SMILES string of the molecule is COc1cc(-c2ccc(O)cc2)c(OC)c(O)c1-c1ccc(SCc2ccc(C)cc2)c(O)c1. The molecule has 0 bridgehead atoms. The maximum atomic E-state index is 11.1. The topological polar surface area (TPSA) is 79.2 Å². The largest absolute Gasteiger partial charge is 0.508 e. The Morgan fingerprint density at radius 3 is 2.06 bits per heavy atom. The third kappa shape index (κ3) is 4.77. The van der Waals surface area contributed by atoms with Gasteiger partial charge in [0.05, 0.1) is 19.8 Å². The Morgan fingerprint density at radius 1 is 0.765 bits per heavy atom. The Kier molecular flexibility index (Phi) is 6.89. The van der Waals surface area contributed by atoms with E-state index in [9.17, 15) is 15.3 Å². The summed E-state index contributed by atoms with van der Waals surface area (Å²) in [4.78, 5) is 0.746. The van der Waals surface area contributed by atoms with E-state index in [1.807, 2.05) is 12.1 Å². The molecule has 174 valence electrons. The summed E-state index contributed by atoms with van der Waals surface area (Å²) in [6.07, 6.45) is 0. The molecule has 4 rings (SSSR count). The van der Waals surface area contributed by atoms with E-state index in [0.29, 0.717) is 22.4 Å². The van der Waals surface area contributed by atoms with Crippen molar-refractivity contribution < 1.29 is 24.8 Å². The number of hydrogen-bond donors (Lipinski definition) is 3. The number of methoxy groups -OCH3 is 2. The summed E-state index contributed by atoms with van der Waals surface area (Å²) >= 11 is 1.54. The molecular weight excluding hydrogens is 448 g/mol. The molecule has 0 radical (unpaired) electrons. The van der Waals surface area contributed by atoms with E-state index in [2.05, 4.69) is 31.2 Å². The molecule has 4 aromatic rings. The summed E-state index contributed by atoms with van der Waals surface area (Å²) in [6.45, 7) is 2.05. The number of rotatable bonds is 7. The summed E-state index contributed by atoms with van der Waals surface area (Å²) in [6, 6.07) is 22.0. The first-order valence-corrected chi connectivity index (χ1v) is 11.7. The molecule has 0 aliphatic heterocycles. The van der Waals surface area contributed by atoms with Gasteiger partial charge in [-0.1, -0.05) is 48.0 Å². The van der Waals surface area contributed by atoms with Crippen LogP contribution in [0, 0.1) is 6.92 Å². The molecule has 0 unspecified atom stereocenters. The molecule has 0 spiro atoms. The van der Waals surface area contributed by atoms with Crippen LogP contribution in [-0.4, -0.2) is 29.5 Å². The van der Waals surface area contributed by atoms with E-state index in [-0.39, 0.29) is 23.0 Å². The average Bonchev–Trinajstić information content (AvgIpc) is 2.84. The van der Waals surface area contributed by atoms with E-state index in [1.54, 1.807) is 48.2 Å². The number of aryl methyl sites for hydroxylation is 1. The van der Waals surface area contributed by atoms with Crippen LogP contribution in [0.4, 0.5) is 0 Å². The lowest BCUT2D eigenvalue weighted by atomic mass is 9.96. The standard InChI is InChI=1S/C28H26O5S/c1-17-4-6-18(7-5-17)16-34-25-13-10-20(14-23(25)30)26-24(32-2)15-22(28(33-3)27(26)31)19-8-11-21(29)12-9-19/h4-15,29-31H,16H2,1-3H3. The smallest absolute Gasteiger partial charge is 0.170 e. The zero-order valence-corrected chi connectivity index (χ0v) is 20.0. The third-order valence-corrected chi connectivity index (χ3v) is 6.72. The predicted octanol–water partition coefficient (Wildman–Crippen LogP) is 6.76. The molecule has 6 heteroatoms. The minimum absolute atomic E-state index is 0.0932. The van der Waals surface area contributed by atoms with Gasteiger partial charge < -0.3 is 24.8 Å². The van der Waals surface area contributed by atoms with Gasteiger partial charge in [0.25, 0.3) is 0 Å². The van der Waals surface area contributed by atoms with Crippen molar-refractivity contribution in [3.8, 4) is 51.0 Å². The van der Waals surface area contributed by atoms with Gasteiger partial charge in [-0.25, -0.2) is 0 Å². The predicted molar refractivity (Wildman–Crippen MR) is 136 cm³/mol. The van der Waals surface area contributed by atoms with Crippen molar-refractivity contribution in [3.05, 3.63) is 83.9 Å². The first-order valence-electron chi connectivity index (χ1n) is 10.7. The van der Waals surface area contributed by atoms with Gasteiger partial charge >= 0.3 is 0 Å². The van der Waals surface area contributed by atoms with Crippen LogP contribution in [0.25, 0.3) is 22.3 Å². The molecule has 0 aliphatic rings. The van der Waals surface area contributed by atoms with Crippen molar-refractivity contribution in [1.29, 1.82) is 0 Å². The minimum atomic E-state index is -0.0932. The molecule has 0 heterocycles. The van der Waals surface area contributed by atoms with E-state index in [4.69, 9.17) is 9.47 Å². The highest BCUT2D eigenvalue weighted by molar-refractivity contribution is 7.98. The normalized spacial score (nSPS) is 10.8. The number of phenols is 3. The van der Waals surface area contributed by atoms with Crippen molar-refractivity contribution >= 4 is 11.8 Å². The van der Waals surface area contributed by atoms with Crippen molar-refractivity contribution in [2.75, 3.05) is 14.2 Å². The Hall–Kier alpha value is -3.77. The van der Waals surface area contributed by atoms with Crippen molar-refractivity contribution in [2.45, 2.75) is 17.6 Å². The minimum Gasteiger partial charge on any atom is -0.508 e. The van der Waals surface area contributed by atoms with E-state index in [1.165, 1.54) is 25.3 Å². The van der Waals surface area contributed by atoms with Crippen LogP contribution in [0.1, 0.15) is 11.1 Å². The maximum absolute atomic E-state index is 11.1. The van der Waals surface area contributed by atoms with Crippen LogP contribution in [0.2, 0.25) is 0 Å². The third-order valence-electron chi connectivity index (χ3n) is 5.58. The van der Waals surface area contributed by atoms with E-state index >= 15 is 0 Å². The summed E-state index contributed by atoms with van der Waals surface area (Å²) in [5.41, 5.74) is 4.78. The highest BCUT2D eigenvalue weighted by atomic mass is 32.2. The first kappa shape index (κ1) is 23.4. The molecular formula is C28H26O5S. The van der Waals surface area contributed by atoms with Crippen LogP contribution in [-0.2, 0) is 5.75 Å². The number of thioether (sulfide) groups is 1. The molecule has 4 aromatic carbocycles. The summed E-state index contributed by atoms with van der Waals surface area (Å²) in [7, 11) is 3.01. The molecule has 0 aliphatic carbocycles. The van der Waals surface area contributed by atoms with Crippen molar-refractivity contribution in [2.24, 2.45) is 0 Å². The number of phenolic OH excluding ortho intramolecular Hbond substituents is 3. The quantitative estimate of drug-likeness (QED) is 0.257. The maximum Gasteiger partial charge on any atom is 0.170 e. The molecule has 0 atom stereocenters. The Balaban J connectivity index is 1.69. The zero-order chi connectivity index (χ0) is 24.2. The van der Waals surface area contributed by atoms with Crippen LogP contribution in [0.3, 0.4) is 0 Å². The Morgan fingerprint density at radius 2 is 1.44 bits per heavy atom. The van der Waals surface area contributed by atoms with Gasteiger partial charge in [-0.3, -0.25) is 0 Å². The summed E-state index contributed by atoms with van der Waals surface area (Å²) in [5, 5.41) is 31.5. The molecule has 0 aromatic heterocycles. The number of benzene rings is 4. The summed E-state index contributed by atoms with van der Waals surface area (Å²) < 4.78 is 11.1. The van der Waals surface area contributed by atoms with Gasteiger partial charge in [-0.05, 0) is 53.9 Å². The lowest BCUT2D eigenvalue weighted by Crippen LogP contribution is -1.95. The van der Waals surface area contributed by atoms with Crippen LogP contribution in [0.5, 0.6) is 28.7 Å². The Labute approximate surface area is 203 Å². The van der Waals surface area contributed by atoms with Gasteiger partial charge in [0.2, 0.25) is 0 Å². The van der Waals surface area contributed by atoms with Crippen LogP contribution < -0.4 is 9.47 Å². The van der Waals surface area contributed by atoms with E-state index < -0.39 is 0 Å². The van der Waals surface area contributed by atoms with Crippen LogP contribution >= 0.6 is 11.8 Å². The lowest BCUT2D eigenvalue weighted by Gasteiger charge is -2.18. The number of hydrogen-bond acceptors (Lipinski definition) is 6. The van der Waals surface area contributed by atoms with Gasteiger partial charge in [-0.15, -0.1) is 11.8 Å². The highest BCUT2D eigenvalue weighted by Gasteiger charge is 2.22. The lowest BCUT2D eigenvalue weighted by molar-refractivity contribution is 0.369. The molecule has 0 saturated heterocycles. The zero-order valence-electron chi connectivity index (χ0n) is 19.2. The molecule has 5 nitrogen and oxygen atoms in total. The second-order valence-electron chi connectivity index (χ2n) is 7.89. The molecule has 34 heavy (non-hydrogen) atoms. The fourth-order valence-electron chi connectivity index (χ4n) is 3.77. The van der Waals surface area contributed by atoms with Crippen molar-refractivity contribution in [3.63, 3.8) is 0 Å². The number of aromatic hydroxyl groups is 3. The highest BCUT2D eigenvalue weighted by Crippen LogP contribution is 2.50. The van der Waals surface area contributed by atoms with E-state index in [0.717, 1.165) is 16.2 Å². The second-order valence-corrected chi connectivity index (χ2v) is 8.90. The van der Waals surface area contributed by atoms with Crippen molar-refractivity contribution in [1.82, 2.24) is 0 Å². The van der Waals surface area contributed by atoms with Crippen LogP contribution in [0.15, 0.2) is 77.7 Å². The Bertz CT molecular complexity index is 1300. The number of ether oxygens (including phenoxy) is 2. The molecule has 0 amide bonds. The fraction of sp³-hybridized carbons (Fsp3) is 0.143. The molecule has 0 saturated carbocycles. The monoisotopic (exact) mass is 474 g/mol. The fourth-order valence-corrected chi connectivity index (χ4v) is 4.65. The first-order chi connectivity index (χ1) is 16.4. The van der Waals surface area contributed by atoms with Gasteiger partial charge in [0.1, 0.15) is 17.2 Å². The average molecular weight is 475 g/mol. The summed E-state index contributed by atoms with van der Waals surface area (Å²) in [5.74, 6) is 1.62. The van der Waals surface area contributed by atoms with Gasteiger partial charge in [0, 0.05) is 16.2 Å².